The molecule has 50 heavy (non-hydrogen) atoms. The number of hydrogen-bond acceptors (Lipinski definition) is 4. The number of carbonyl (C=O) groups excluding carboxylic acids is 3. The topological polar surface area (TPSA) is 73.0 Å². The number of likely N-dealkylation sites (tertiary alicyclic amines) is 3. The van der Waals surface area contributed by atoms with Crippen LogP contribution < -0.4 is 5.32 Å². The molecule has 3 amide bonds. The molecule has 3 aliphatic heterocycles. The molecule has 3 saturated heterocycles. The molecule has 2 atom stereocenters. The molecule has 3 heterocycles. The summed E-state index contributed by atoms with van der Waals surface area (Å²) in [5.74, 6) is 0.716. The summed E-state index contributed by atoms with van der Waals surface area (Å²) in [6.07, 6.45) is 11.9. The Kier molecular flexibility index (Phi) is 11.0. The molecule has 0 aromatic heterocycles. The van der Waals surface area contributed by atoms with Crippen molar-refractivity contribution in [2.75, 3.05) is 32.7 Å². The third-order valence-electron chi connectivity index (χ3n) is 12.1. The van der Waals surface area contributed by atoms with Gasteiger partial charge in [-0.3, -0.25) is 14.4 Å². The largest absolute Gasteiger partial charge is 0.351 e. The summed E-state index contributed by atoms with van der Waals surface area (Å²) < 4.78 is 0. The minimum absolute atomic E-state index is 0.0197. The fraction of sp³-hybridized carbons (Fsp3) is 0.512. The number of carbonyl (C=O) groups is 3. The number of benzene rings is 3. The molecular formula is C43H54N4O3. The van der Waals surface area contributed by atoms with Gasteiger partial charge in [0.15, 0.2) is 0 Å². The normalized spacial score (nSPS) is 22.5. The minimum atomic E-state index is -0.723. The highest BCUT2D eigenvalue weighted by atomic mass is 16.2. The van der Waals surface area contributed by atoms with E-state index in [1.807, 2.05) is 59.5 Å². The van der Waals surface area contributed by atoms with E-state index in [1.54, 1.807) is 4.90 Å². The highest BCUT2D eigenvalue weighted by Crippen LogP contribution is 2.43. The lowest BCUT2D eigenvalue weighted by Gasteiger charge is -2.38. The van der Waals surface area contributed by atoms with Crippen LogP contribution in [0.4, 0.5) is 0 Å². The van der Waals surface area contributed by atoms with Gasteiger partial charge in [0.2, 0.25) is 17.7 Å². The Morgan fingerprint density at radius 1 is 0.580 bits per heavy atom. The zero-order valence-electron chi connectivity index (χ0n) is 29.6. The van der Waals surface area contributed by atoms with Crippen LogP contribution in [0.25, 0.3) is 0 Å². The third kappa shape index (κ3) is 7.39. The van der Waals surface area contributed by atoms with Crippen molar-refractivity contribution in [1.82, 2.24) is 20.0 Å². The van der Waals surface area contributed by atoms with Gasteiger partial charge in [-0.05, 0) is 74.0 Å². The van der Waals surface area contributed by atoms with Crippen LogP contribution in [-0.2, 0) is 19.8 Å². The maximum atomic E-state index is 14.6. The second kappa shape index (κ2) is 15.9. The first-order valence-electron chi connectivity index (χ1n) is 19.3. The molecule has 1 N–H and O–H groups in total. The summed E-state index contributed by atoms with van der Waals surface area (Å²) in [5, 5.41) is 3.34. The van der Waals surface area contributed by atoms with Gasteiger partial charge in [0.05, 0.1) is 5.41 Å². The molecule has 3 aromatic rings. The lowest BCUT2D eigenvalue weighted by Crippen LogP contribution is -2.55. The Morgan fingerprint density at radius 3 is 1.66 bits per heavy atom. The number of hydrogen-bond donors (Lipinski definition) is 1. The molecular weight excluding hydrogens is 620 g/mol. The quantitative estimate of drug-likeness (QED) is 0.248. The van der Waals surface area contributed by atoms with E-state index in [0.717, 1.165) is 61.4 Å². The number of piperidine rings is 1. The predicted molar refractivity (Wildman–Crippen MR) is 197 cm³/mol. The minimum Gasteiger partial charge on any atom is -0.351 e. The number of rotatable bonds is 10. The first kappa shape index (κ1) is 34.5. The van der Waals surface area contributed by atoms with E-state index in [9.17, 15) is 14.4 Å². The highest BCUT2D eigenvalue weighted by molar-refractivity contribution is 5.93. The van der Waals surface area contributed by atoms with Gasteiger partial charge in [-0.15, -0.1) is 0 Å². The van der Waals surface area contributed by atoms with Crippen LogP contribution >= 0.6 is 0 Å². The lowest BCUT2D eigenvalue weighted by molar-refractivity contribution is -0.147. The van der Waals surface area contributed by atoms with Gasteiger partial charge in [0.25, 0.3) is 0 Å². The van der Waals surface area contributed by atoms with E-state index >= 15 is 0 Å². The van der Waals surface area contributed by atoms with Crippen molar-refractivity contribution in [2.45, 2.75) is 101 Å². The first-order chi connectivity index (χ1) is 24.5. The summed E-state index contributed by atoms with van der Waals surface area (Å²) >= 11 is 0. The Labute approximate surface area is 298 Å². The Balaban J connectivity index is 1.04. The van der Waals surface area contributed by atoms with Crippen LogP contribution in [0.15, 0.2) is 91.0 Å². The number of nitrogens with one attached hydrogen (secondary N) is 1. The molecule has 1 saturated carbocycles. The summed E-state index contributed by atoms with van der Waals surface area (Å²) in [6, 6.07) is 30.0. The second-order valence-electron chi connectivity index (χ2n) is 15.2. The average molecular weight is 675 g/mol. The molecule has 0 spiro atoms. The molecule has 4 aliphatic rings. The lowest BCUT2D eigenvalue weighted by atomic mass is 9.67. The van der Waals surface area contributed by atoms with Gasteiger partial charge in [0, 0.05) is 45.2 Å². The van der Waals surface area contributed by atoms with Crippen molar-refractivity contribution in [3.8, 4) is 0 Å². The standard InChI is InChI=1S/C43H54N4O3/c48-40(31-43(34-17-7-2-8-18-34,35-19-9-3-10-20-35)36-21-11-4-12-22-36)46-27-14-24-39(46)42(50)47-28-13-23-38(47)41(49)44-37-25-29-45(30-26-37)32-33-15-5-1-6-16-33/h2-4,7-12,17-22,33,37-39H,1,5-6,13-16,23-32H2,(H,44,49)/t38?,39-/m0/s1. The second-order valence-corrected chi connectivity index (χ2v) is 15.2. The maximum absolute atomic E-state index is 14.6. The van der Waals surface area contributed by atoms with Crippen molar-refractivity contribution in [3.63, 3.8) is 0 Å². The van der Waals surface area contributed by atoms with Crippen molar-refractivity contribution in [1.29, 1.82) is 0 Å². The molecule has 4 fully saturated rings. The van der Waals surface area contributed by atoms with Gasteiger partial charge in [0.1, 0.15) is 12.1 Å². The van der Waals surface area contributed by atoms with Crippen molar-refractivity contribution >= 4 is 17.7 Å². The summed E-state index contributed by atoms with van der Waals surface area (Å²) in [6.45, 7) is 4.38. The van der Waals surface area contributed by atoms with Crippen molar-refractivity contribution < 1.29 is 14.4 Å². The SMILES string of the molecule is O=C(NC1CCN(CC2CCCCC2)CC1)C1CCCN1C(=O)[C@@H]1CCCN1C(=O)CC(c1ccccc1)(c1ccccc1)c1ccccc1. The predicted octanol–water partition coefficient (Wildman–Crippen LogP) is 6.55. The fourth-order valence-corrected chi connectivity index (χ4v) is 9.41. The molecule has 1 aliphatic carbocycles. The van der Waals surface area contributed by atoms with Crippen LogP contribution in [0.3, 0.4) is 0 Å². The zero-order chi connectivity index (χ0) is 34.3. The molecule has 3 aromatic carbocycles. The maximum Gasteiger partial charge on any atom is 0.246 e. The van der Waals surface area contributed by atoms with E-state index < -0.39 is 17.5 Å². The molecule has 7 nitrogen and oxygen atoms in total. The fourth-order valence-electron chi connectivity index (χ4n) is 9.41. The Morgan fingerprint density at radius 2 is 1.10 bits per heavy atom. The number of nitrogens with zero attached hydrogens (tertiary/aromatic N) is 3. The van der Waals surface area contributed by atoms with E-state index in [2.05, 4.69) is 46.6 Å². The Hall–Kier alpha value is -3.97. The molecule has 264 valence electrons. The van der Waals surface area contributed by atoms with Crippen LogP contribution in [0, 0.1) is 5.92 Å². The molecule has 7 rings (SSSR count). The third-order valence-corrected chi connectivity index (χ3v) is 12.1. The van der Waals surface area contributed by atoms with Gasteiger partial charge in [-0.25, -0.2) is 0 Å². The van der Waals surface area contributed by atoms with Gasteiger partial charge < -0.3 is 20.0 Å². The zero-order valence-corrected chi connectivity index (χ0v) is 29.6. The Bertz CT molecular complexity index is 1470. The van der Waals surface area contributed by atoms with E-state index in [4.69, 9.17) is 0 Å². The van der Waals surface area contributed by atoms with E-state index in [1.165, 1.54) is 38.6 Å². The van der Waals surface area contributed by atoms with E-state index in [-0.39, 0.29) is 30.2 Å². The van der Waals surface area contributed by atoms with Crippen molar-refractivity contribution in [3.05, 3.63) is 108 Å². The molecule has 0 radical (unpaired) electrons. The van der Waals surface area contributed by atoms with Gasteiger partial charge >= 0.3 is 0 Å². The average Bonchev–Trinajstić information content (AvgIpc) is 3.87. The van der Waals surface area contributed by atoms with Crippen molar-refractivity contribution in [2.24, 2.45) is 5.92 Å². The molecule has 1 unspecified atom stereocenters. The summed E-state index contributed by atoms with van der Waals surface area (Å²) in [7, 11) is 0. The highest BCUT2D eigenvalue weighted by Gasteiger charge is 2.45. The van der Waals surface area contributed by atoms with Crippen LogP contribution in [0.2, 0.25) is 0 Å². The number of amides is 3. The van der Waals surface area contributed by atoms with E-state index in [0.29, 0.717) is 25.9 Å². The summed E-state index contributed by atoms with van der Waals surface area (Å²) in [5.41, 5.74) is 2.41. The van der Waals surface area contributed by atoms with Crippen LogP contribution in [-0.4, -0.2) is 83.3 Å². The van der Waals surface area contributed by atoms with Crippen LogP contribution in [0.1, 0.15) is 93.7 Å². The first-order valence-corrected chi connectivity index (χ1v) is 19.3. The monoisotopic (exact) mass is 674 g/mol. The van der Waals surface area contributed by atoms with Gasteiger partial charge in [-0.1, -0.05) is 110 Å². The van der Waals surface area contributed by atoms with Crippen LogP contribution in [0.5, 0.6) is 0 Å². The van der Waals surface area contributed by atoms with Gasteiger partial charge in [-0.2, -0.15) is 0 Å². The summed E-state index contributed by atoms with van der Waals surface area (Å²) in [4.78, 5) is 48.9. The molecule has 0 bridgehead atoms. The smallest absolute Gasteiger partial charge is 0.246 e. The molecule has 7 heteroatoms.